The van der Waals surface area contributed by atoms with Crippen LogP contribution in [0.4, 0.5) is 5.82 Å². The number of rotatable bonds is 2. The van der Waals surface area contributed by atoms with Crippen LogP contribution in [0, 0.1) is 0 Å². The smallest absolute Gasteiger partial charge is 0.255 e. The highest BCUT2D eigenvalue weighted by molar-refractivity contribution is 6.29. The predicted octanol–water partition coefficient (Wildman–Crippen LogP) is 2.91. The van der Waals surface area contributed by atoms with Gasteiger partial charge in [-0.05, 0) is 19.8 Å². The van der Waals surface area contributed by atoms with Gasteiger partial charge in [-0.2, -0.15) is 19.6 Å². The number of anilines is 1. The average Bonchev–Trinajstić information content (AvgIpc) is 2.77. The molecule has 0 radical (unpaired) electrons. The molecule has 0 spiro atoms. The van der Waals surface area contributed by atoms with Crippen molar-refractivity contribution >= 4 is 23.2 Å². The molecule has 6 heteroatoms. The Kier molecular flexibility index (Phi) is 2.86. The summed E-state index contributed by atoms with van der Waals surface area (Å²) in [7, 11) is 0. The number of halogens is 1. The fourth-order valence-corrected chi connectivity index (χ4v) is 2.82. The van der Waals surface area contributed by atoms with Crippen LogP contribution in [0.3, 0.4) is 0 Å². The standard InChI is InChI=1S/C12H16ClN5/c1-12(5-3-2-4-6-12)17-10-7-9(13)16-11-14-8-15-18(10)11/h7-8,17H,2-6H2,1H3. The molecular formula is C12H16ClN5. The van der Waals surface area contributed by atoms with Crippen LogP contribution in [-0.4, -0.2) is 25.1 Å². The molecule has 2 aromatic rings. The first kappa shape index (κ1) is 11.7. The third-order valence-electron chi connectivity index (χ3n) is 3.61. The fourth-order valence-electron chi connectivity index (χ4n) is 2.64. The molecule has 0 unspecified atom stereocenters. The molecule has 1 fully saturated rings. The highest BCUT2D eigenvalue weighted by Gasteiger charge is 2.27. The van der Waals surface area contributed by atoms with Crippen molar-refractivity contribution in [2.75, 3.05) is 5.32 Å². The van der Waals surface area contributed by atoms with Gasteiger partial charge in [0.2, 0.25) is 0 Å². The fraction of sp³-hybridized carbons (Fsp3) is 0.583. The topological polar surface area (TPSA) is 55.1 Å². The minimum Gasteiger partial charge on any atom is -0.365 e. The minimum absolute atomic E-state index is 0.113. The van der Waals surface area contributed by atoms with Gasteiger partial charge in [0.1, 0.15) is 17.3 Å². The maximum Gasteiger partial charge on any atom is 0.255 e. The van der Waals surface area contributed by atoms with Gasteiger partial charge in [-0.1, -0.05) is 30.9 Å². The normalized spacial score (nSPS) is 19.0. The lowest BCUT2D eigenvalue weighted by Gasteiger charge is -2.35. The molecule has 0 saturated heterocycles. The van der Waals surface area contributed by atoms with Crippen LogP contribution in [0.2, 0.25) is 5.15 Å². The summed E-state index contributed by atoms with van der Waals surface area (Å²) in [4.78, 5) is 8.20. The zero-order valence-electron chi connectivity index (χ0n) is 10.4. The van der Waals surface area contributed by atoms with Crippen molar-refractivity contribution in [3.63, 3.8) is 0 Å². The third kappa shape index (κ3) is 2.14. The van der Waals surface area contributed by atoms with E-state index in [4.69, 9.17) is 11.6 Å². The van der Waals surface area contributed by atoms with Crippen LogP contribution in [0.25, 0.3) is 5.78 Å². The maximum absolute atomic E-state index is 6.01. The number of nitrogens with zero attached hydrogens (tertiary/aromatic N) is 4. The van der Waals surface area contributed by atoms with Crippen LogP contribution in [0.15, 0.2) is 12.4 Å². The van der Waals surface area contributed by atoms with Crippen LogP contribution in [-0.2, 0) is 0 Å². The Labute approximate surface area is 111 Å². The van der Waals surface area contributed by atoms with E-state index in [-0.39, 0.29) is 5.54 Å². The Bertz CT molecular complexity index is 559. The van der Waals surface area contributed by atoms with Gasteiger partial charge >= 0.3 is 0 Å². The molecular weight excluding hydrogens is 250 g/mol. The summed E-state index contributed by atoms with van der Waals surface area (Å²) < 4.78 is 1.70. The van der Waals surface area contributed by atoms with Crippen molar-refractivity contribution in [2.45, 2.75) is 44.6 Å². The largest absolute Gasteiger partial charge is 0.365 e. The number of fused-ring (bicyclic) bond motifs is 1. The molecule has 1 aliphatic rings. The van der Waals surface area contributed by atoms with Crippen molar-refractivity contribution < 1.29 is 0 Å². The average molecular weight is 266 g/mol. The van der Waals surface area contributed by atoms with Gasteiger partial charge in [0.25, 0.3) is 5.78 Å². The van der Waals surface area contributed by atoms with E-state index in [0.29, 0.717) is 10.9 Å². The number of nitrogens with one attached hydrogen (secondary N) is 1. The monoisotopic (exact) mass is 265 g/mol. The Morgan fingerprint density at radius 1 is 1.33 bits per heavy atom. The number of hydrogen-bond donors (Lipinski definition) is 1. The Hall–Kier alpha value is -1.36. The van der Waals surface area contributed by atoms with Crippen molar-refractivity contribution in [1.29, 1.82) is 0 Å². The lowest BCUT2D eigenvalue weighted by molar-refractivity contribution is 0.348. The van der Waals surface area contributed by atoms with E-state index in [1.807, 2.05) is 6.07 Å². The minimum atomic E-state index is 0.113. The molecule has 0 atom stereocenters. The first-order valence-electron chi connectivity index (χ1n) is 6.31. The third-order valence-corrected chi connectivity index (χ3v) is 3.80. The summed E-state index contributed by atoms with van der Waals surface area (Å²) in [6.45, 7) is 2.25. The second-order valence-corrected chi connectivity index (χ2v) is 5.57. The van der Waals surface area contributed by atoms with Crippen molar-refractivity contribution in [2.24, 2.45) is 0 Å². The maximum atomic E-state index is 6.01. The molecule has 3 rings (SSSR count). The quantitative estimate of drug-likeness (QED) is 0.849. The van der Waals surface area contributed by atoms with E-state index in [0.717, 1.165) is 5.82 Å². The Balaban J connectivity index is 1.96. The lowest BCUT2D eigenvalue weighted by Crippen LogP contribution is -2.37. The summed E-state index contributed by atoms with van der Waals surface area (Å²) in [5, 5.41) is 8.18. The van der Waals surface area contributed by atoms with Gasteiger partial charge in [-0.15, -0.1) is 0 Å². The molecule has 5 nitrogen and oxygen atoms in total. The van der Waals surface area contributed by atoms with Crippen LogP contribution in [0.1, 0.15) is 39.0 Å². The first-order chi connectivity index (χ1) is 8.66. The molecule has 1 saturated carbocycles. The number of hydrogen-bond acceptors (Lipinski definition) is 4. The van der Waals surface area contributed by atoms with Gasteiger partial charge in [0, 0.05) is 11.6 Å². The summed E-state index contributed by atoms with van der Waals surface area (Å²) in [6, 6.07) is 1.81. The van der Waals surface area contributed by atoms with Crippen molar-refractivity contribution in [3.8, 4) is 0 Å². The van der Waals surface area contributed by atoms with E-state index < -0.39 is 0 Å². The second-order valence-electron chi connectivity index (χ2n) is 5.18. The van der Waals surface area contributed by atoms with E-state index in [1.165, 1.54) is 38.4 Å². The highest BCUT2D eigenvalue weighted by Crippen LogP contribution is 2.31. The predicted molar refractivity (Wildman–Crippen MR) is 70.9 cm³/mol. The van der Waals surface area contributed by atoms with Gasteiger partial charge < -0.3 is 5.32 Å². The number of aromatic nitrogens is 4. The molecule has 96 valence electrons. The van der Waals surface area contributed by atoms with Crippen LogP contribution < -0.4 is 5.32 Å². The molecule has 1 aliphatic carbocycles. The zero-order valence-corrected chi connectivity index (χ0v) is 11.1. The van der Waals surface area contributed by atoms with E-state index in [2.05, 4.69) is 27.3 Å². The second kappa shape index (κ2) is 4.39. The first-order valence-corrected chi connectivity index (χ1v) is 6.69. The van der Waals surface area contributed by atoms with Crippen molar-refractivity contribution in [1.82, 2.24) is 19.6 Å². The van der Waals surface area contributed by atoms with Crippen LogP contribution >= 0.6 is 11.6 Å². The summed E-state index contributed by atoms with van der Waals surface area (Å²) >= 11 is 6.01. The molecule has 2 aromatic heterocycles. The summed E-state index contributed by atoms with van der Waals surface area (Å²) in [6.07, 6.45) is 7.69. The Morgan fingerprint density at radius 3 is 2.89 bits per heavy atom. The van der Waals surface area contributed by atoms with Gasteiger partial charge in [-0.3, -0.25) is 0 Å². The SMILES string of the molecule is CC1(Nc2cc(Cl)nc3ncnn23)CCCCC1. The molecule has 1 N–H and O–H groups in total. The molecule has 18 heavy (non-hydrogen) atoms. The van der Waals surface area contributed by atoms with Gasteiger partial charge in [0.05, 0.1) is 0 Å². The van der Waals surface area contributed by atoms with Crippen molar-refractivity contribution in [3.05, 3.63) is 17.5 Å². The van der Waals surface area contributed by atoms with Gasteiger partial charge in [-0.25, -0.2) is 0 Å². The molecule has 2 heterocycles. The lowest BCUT2D eigenvalue weighted by atomic mass is 9.83. The molecule has 0 amide bonds. The zero-order chi connectivity index (χ0) is 12.6. The van der Waals surface area contributed by atoms with Gasteiger partial charge in [0.15, 0.2) is 0 Å². The summed E-state index contributed by atoms with van der Waals surface area (Å²) in [5.41, 5.74) is 0.113. The highest BCUT2D eigenvalue weighted by atomic mass is 35.5. The van der Waals surface area contributed by atoms with E-state index in [1.54, 1.807) is 4.52 Å². The Morgan fingerprint density at radius 2 is 2.11 bits per heavy atom. The molecule has 0 aromatic carbocycles. The van der Waals surface area contributed by atoms with E-state index in [9.17, 15) is 0 Å². The molecule has 0 bridgehead atoms. The molecule has 0 aliphatic heterocycles. The van der Waals surface area contributed by atoms with Crippen LogP contribution in [0.5, 0.6) is 0 Å². The van der Waals surface area contributed by atoms with E-state index >= 15 is 0 Å². The summed E-state index contributed by atoms with van der Waals surface area (Å²) in [5.74, 6) is 1.40.